The Balaban J connectivity index is 1.43. The molecule has 2 rings (SSSR count). The zero-order valence-corrected chi connectivity index (χ0v) is 11.2. The third kappa shape index (κ3) is 4.92. The molecule has 0 spiro atoms. The van der Waals surface area contributed by atoms with Gasteiger partial charge >= 0.3 is 0 Å². The number of piperazine rings is 1. The fourth-order valence-corrected chi connectivity index (χ4v) is 2.87. The summed E-state index contributed by atoms with van der Waals surface area (Å²) < 4.78 is 0. The van der Waals surface area contributed by atoms with Crippen LogP contribution in [0.15, 0.2) is 0 Å². The predicted octanol–water partition coefficient (Wildman–Crippen LogP) is -0.177. The van der Waals surface area contributed by atoms with Gasteiger partial charge in [0.25, 0.3) is 0 Å². The highest BCUT2D eigenvalue weighted by Gasteiger charge is 2.18. The summed E-state index contributed by atoms with van der Waals surface area (Å²) in [5.41, 5.74) is 0. The standard InChI is InChI=1S/C13H28N4/c1-16-8-3-13(12-16)2-4-14-5-9-17-10-6-15-7-11-17/h13-15H,2-12H2,1H3. The SMILES string of the molecule is CN1CCC(CCNCCN2CCNCC2)C1. The Morgan fingerprint density at radius 2 is 2.00 bits per heavy atom. The average molecular weight is 240 g/mol. The van der Waals surface area contributed by atoms with Crippen LogP contribution in [0.5, 0.6) is 0 Å². The first kappa shape index (κ1) is 13.3. The molecule has 2 fully saturated rings. The van der Waals surface area contributed by atoms with Gasteiger partial charge in [0.05, 0.1) is 0 Å². The molecule has 2 aliphatic heterocycles. The summed E-state index contributed by atoms with van der Waals surface area (Å²) in [6, 6.07) is 0. The van der Waals surface area contributed by atoms with E-state index in [1.807, 2.05) is 0 Å². The highest BCUT2D eigenvalue weighted by atomic mass is 15.2. The number of likely N-dealkylation sites (tertiary alicyclic amines) is 1. The van der Waals surface area contributed by atoms with Crippen LogP contribution >= 0.6 is 0 Å². The van der Waals surface area contributed by atoms with Crippen LogP contribution in [0.3, 0.4) is 0 Å². The van der Waals surface area contributed by atoms with Crippen molar-refractivity contribution in [3.63, 3.8) is 0 Å². The van der Waals surface area contributed by atoms with Gasteiger partial charge in [0.2, 0.25) is 0 Å². The zero-order valence-electron chi connectivity index (χ0n) is 11.2. The number of hydrogen-bond donors (Lipinski definition) is 2. The second kappa shape index (κ2) is 7.31. The van der Waals surface area contributed by atoms with E-state index in [1.165, 1.54) is 52.1 Å². The summed E-state index contributed by atoms with van der Waals surface area (Å²) in [6.07, 6.45) is 2.75. The molecule has 0 bridgehead atoms. The molecule has 2 saturated heterocycles. The maximum atomic E-state index is 3.59. The Labute approximate surface area is 106 Å². The van der Waals surface area contributed by atoms with Crippen LogP contribution in [0.1, 0.15) is 12.8 Å². The largest absolute Gasteiger partial charge is 0.315 e. The van der Waals surface area contributed by atoms with Gasteiger partial charge in [-0.1, -0.05) is 0 Å². The number of nitrogens with one attached hydrogen (secondary N) is 2. The summed E-state index contributed by atoms with van der Waals surface area (Å²) in [7, 11) is 2.23. The lowest BCUT2D eigenvalue weighted by Gasteiger charge is -2.27. The Hall–Kier alpha value is -0.160. The highest BCUT2D eigenvalue weighted by molar-refractivity contribution is 4.74. The molecule has 0 aromatic rings. The molecular formula is C13H28N4. The second-order valence-corrected chi connectivity index (χ2v) is 5.55. The van der Waals surface area contributed by atoms with E-state index in [1.54, 1.807) is 0 Å². The van der Waals surface area contributed by atoms with E-state index in [9.17, 15) is 0 Å². The molecule has 0 radical (unpaired) electrons. The summed E-state index contributed by atoms with van der Waals surface area (Å²) in [6.45, 7) is 10.9. The topological polar surface area (TPSA) is 30.5 Å². The summed E-state index contributed by atoms with van der Waals surface area (Å²) in [5, 5.41) is 6.98. The van der Waals surface area contributed by atoms with Gasteiger partial charge in [-0.25, -0.2) is 0 Å². The second-order valence-electron chi connectivity index (χ2n) is 5.55. The molecule has 0 amide bonds. The lowest BCUT2D eigenvalue weighted by molar-refractivity contribution is 0.240. The van der Waals surface area contributed by atoms with E-state index in [4.69, 9.17) is 0 Å². The van der Waals surface area contributed by atoms with E-state index in [-0.39, 0.29) is 0 Å². The molecule has 2 N–H and O–H groups in total. The number of hydrogen-bond acceptors (Lipinski definition) is 4. The van der Waals surface area contributed by atoms with Gasteiger partial charge in [-0.2, -0.15) is 0 Å². The predicted molar refractivity (Wildman–Crippen MR) is 72.4 cm³/mol. The third-order valence-corrected chi connectivity index (χ3v) is 4.03. The molecule has 1 atom stereocenters. The normalized spacial score (nSPS) is 27.7. The molecule has 2 aliphatic rings. The van der Waals surface area contributed by atoms with Crippen LogP contribution in [0.4, 0.5) is 0 Å². The quantitative estimate of drug-likeness (QED) is 0.631. The summed E-state index contributed by atoms with van der Waals surface area (Å²) in [5.74, 6) is 0.937. The maximum Gasteiger partial charge on any atom is 0.0108 e. The Morgan fingerprint density at radius 3 is 2.71 bits per heavy atom. The van der Waals surface area contributed by atoms with Crippen LogP contribution in [0.25, 0.3) is 0 Å². The molecule has 0 aromatic carbocycles. The molecule has 2 heterocycles. The van der Waals surface area contributed by atoms with E-state index >= 15 is 0 Å². The van der Waals surface area contributed by atoms with Gasteiger partial charge in [-0.05, 0) is 38.9 Å². The fraction of sp³-hybridized carbons (Fsp3) is 1.00. The van der Waals surface area contributed by atoms with Crippen LogP contribution in [0.2, 0.25) is 0 Å². The van der Waals surface area contributed by atoms with Crippen molar-refractivity contribution in [3.8, 4) is 0 Å². The van der Waals surface area contributed by atoms with Crippen molar-refractivity contribution >= 4 is 0 Å². The van der Waals surface area contributed by atoms with Crippen LogP contribution in [0, 0.1) is 5.92 Å². The van der Waals surface area contributed by atoms with Crippen molar-refractivity contribution < 1.29 is 0 Å². The van der Waals surface area contributed by atoms with Crippen molar-refractivity contribution in [2.45, 2.75) is 12.8 Å². The van der Waals surface area contributed by atoms with E-state index < -0.39 is 0 Å². The van der Waals surface area contributed by atoms with Gasteiger partial charge in [0.1, 0.15) is 0 Å². The monoisotopic (exact) mass is 240 g/mol. The molecule has 1 unspecified atom stereocenters. The number of nitrogens with zero attached hydrogens (tertiary/aromatic N) is 2. The van der Waals surface area contributed by atoms with E-state index in [0.717, 1.165) is 25.6 Å². The summed E-state index contributed by atoms with van der Waals surface area (Å²) in [4.78, 5) is 5.00. The first-order chi connectivity index (χ1) is 8.34. The van der Waals surface area contributed by atoms with Gasteiger partial charge in [-0.15, -0.1) is 0 Å². The molecule has 17 heavy (non-hydrogen) atoms. The van der Waals surface area contributed by atoms with Gasteiger partial charge < -0.3 is 15.5 Å². The lowest BCUT2D eigenvalue weighted by Crippen LogP contribution is -2.45. The minimum atomic E-state index is 0.937. The molecular weight excluding hydrogens is 212 g/mol. The van der Waals surface area contributed by atoms with Gasteiger partial charge in [0, 0.05) is 45.8 Å². The Kier molecular flexibility index (Phi) is 5.71. The Morgan fingerprint density at radius 1 is 1.18 bits per heavy atom. The molecule has 4 nitrogen and oxygen atoms in total. The lowest BCUT2D eigenvalue weighted by atomic mass is 10.1. The van der Waals surface area contributed by atoms with Crippen molar-refractivity contribution in [1.29, 1.82) is 0 Å². The fourth-order valence-electron chi connectivity index (χ4n) is 2.87. The summed E-state index contributed by atoms with van der Waals surface area (Å²) >= 11 is 0. The smallest absolute Gasteiger partial charge is 0.0108 e. The average Bonchev–Trinajstić information content (AvgIpc) is 2.76. The van der Waals surface area contributed by atoms with Crippen LogP contribution in [-0.2, 0) is 0 Å². The first-order valence-electron chi connectivity index (χ1n) is 7.17. The Bertz CT molecular complexity index is 197. The van der Waals surface area contributed by atoms with Gasteiger partial charge in [-0.3, -0.25) is 4.90 Å². The maximum absolute atomic E-state index is 3.59. The van der Waals surface area contributed by atoms with E-state index in [2.05, 4.69) is 27.5 Å². The zero-order chi connectivity index (χ0) is 11.9. The van der Waals surface area contributed by atoms with Gasteiger partial charge in [0.15, 0.2) is 0 Å². The van der Waals surface area contributed by atoms with E-state index in [0.29, 0.717) is 0 Å². The minimum Gasteiger partial charge on any atom is -0.315 e. The molecule has 100 valence electrons. The van der Waals surface area contributed by atoms with Crippen molar-refractivity contribution in [2.24, 2.45) is 5.92 Å². The highest BCUT2D eigenvalue weighted by Crippen LogP contribution is 2.16. The molecule has 0 saturated carbocycles. The molecule has 0 aliphatic carbocycles. The van der Waals surface area contributed by atoms with Crippen molar-refractivity contribution in [2.75, 3.05) is 66.0 Å². The minimum absolute atomic E-state index is 0.937. The third-order valence-electron chi connectivity index (χ3n) is 4.03. The van der Waals surface area contributed by atoms with Crippen LogP contribution < -0.4 is 10.6 Å². The van der Waals surface area contributed by atoms with Crippen LogP contribution in [-0.4, -0.2) is 75.8 Å². The molecule has 0 aromatic heterocycles. The van der Waals surface area contributed by atoms with Crippen molar-refractivity contribution in [1.82, 2.24) is 20.4 Å². The van der Waals surface area contributed by atoms with Crippen molar-refractivity contribution in [3.05, 3.63) is 0 Å². The molecule has 4 heteroatoms. The number of rotatable bonds is 6. The first-order valence-corrected chi connectivity index (χ1v) is 7.17.